The van der Waals surface area contributed by atoms with E-state index in [1.807, 2.05) is 0 Å². The fraction of sp³-hybridized carbons (Fsp3) is 1.00. The van der Waals surface area contributed by atoms with Crippen molar-refractivity contribution in [2.24, 2.45) is 5.73 Å². The van der Waals surface area contributed by atoms with Gasteiger partial charge in [-0.15, -0.1) is 0 Å². The van der Waals surface area contributed by atoms with Crippen molar-refractivity contribution >= 4 is 27.8 Å². The number of hydrogen-bond donors (Lipinski definition) is 1. The molecule has 0 aromatic carbocycles. The van der Waals surface area contributed by atoms with Crippen LogP contribution in [-0.4, -0.2) is 51.2 Å². The molecule has 0 saturated heterocycles. The van der Waals surface area contributed by atoms with E-state index >= 15 is 0 Å². The molecule has 29 heavy (non-hydrogen) atoms. The predicted octanol–water partition coefficient (Wildman–Crippen LogP) is 5.97. The fourth-order valence-electron chi connectivity index (χ4n) is 2.33. The van der Waals surface area contributed by atoms with Gasteiger partial charge in [0.1, 0.15) is 0 Å². The van der Waals surface area contributed by atoms with E-state index in [1.165, 1.54) is 0 Å². The monoisotopic (exact) mass is 459 g/mol. The molecule has 0 amide bonds. The lowest BCUT2D eigenvalue weighted by Gasteiger charge is -2.55. The minimum absolute atomic E-state index is 0.0800. The lowest BCUT2D eigenvalue weighted by atomic mass is 9.72. The van der Waals surface area contributed by atoms with Gasteiger partial charge < -0.3 is 19.0 Å². The summed E-state index contributed by atoms with van der Waals surface area (Å²) in [6, 6.07) is 0. The Hall–Kier alpha value is 0.491. The third-order valence-corrected chi connectivity index (χ3v) is 12.8. The Morgan fingerprint density at radius 3 is 1.21 bits per heavy atom. The van der Waals surface area contributed by atoms with Crippen molar-refractivity contribution in [3.63, 3.8) is 0 Å². The molecule has 4 nitrogen and oxygen atoms in total. The molecule has 0 aromatic heterocycles. The third-order valence-electron chi connectivity index (χ3n) is 5.84. The van der Waals surface area contributed by atoms with Crippen LogP contribution in [0.25, 0.3) is 0 Å². The molecular weight excluding hydrogens is 411 g/mol. The van der Waals surface area contributed by atoms with E-state index in [-0.39, 0.29) is 15.1 Å². The summed E-state index contributed by atoms with van der Waals surface area (Å²) >= 11 is 0. The highest BCUT2D eigenvalue weighted by Crippen LogP contribution is 2.42. The Bertz CT molecular complexity index is 497. The molecule has 0 aliphatic heterocycles. The van der Waals surface area contributed by atoms with E-state index in [9.17, 15) is 0 Å². The number of rotatable bonds is 9. The van der Waals surface area contributed by atoms with Gasteiger partial charge in [-0.05, 0) is 55.9 Å². The van der Waals surface area contributed by atoms with Gasteiger partial charge in [0.25, 0.3) is 0 Å². The molecular formula is C22H49NO3Si3. The smallest absolute Gasteiger partial charge is 0.236 e. The second-order valence-corrected chi connectivity index (χ2v) is 21.6. The van der Waals surface area contributed by atoms with Crippen LogP contribution in [0.3, 0.4) is 0 Å². The van der Waals surface area contributed by atoms with Crippen LogP contribution in [0, 0.1) is 0 Å². The van der Waals surface area contributed by atoms with Crippen molar-refractivity contribution in [3.05, 3.63) is 0 Å². The molecule has 0 heterocycles. The van der Waals surface area contributed by atoms with Crippen LogP contribution in [0.15, 0.2) is 0 Å². The Morgan fingerprint density at radius 2 is 0.966 bits per heavy atom. The minimum atomic E-state index is -1.98. The van der Waals surface area contributed by atoms with Gasteiger partial charge in [-0.25, -0.2) is 0 Å². The number of nitrogens with two attached hydrogens (primary N) is 1. The van der Waals surface area contributed by atoms with Gasteiger partial charge in [0, 0.05) is 0 Å². The second-order valence-electron chi connectivity index (χ2n) is 12.9. The molecule has 0 rings (SSSR count). The van der Waals surface area contributed by atoms with E-state index in [2.05, 4.69) is 103 Å². The number of hydrogen-bond acceptors (Lipinski definition) is 4. The molecule has 0 aliphatic rings. The van der Waals surface area contributed by atoms with Crippen LogP contribution >= 0.6 is 0 Å². The van der Waals surface area contributed by atoms with Crippen LogP contribution in [0.4, 0.5) is 0 Å². The van der Waals surface area contributed by atoms with Crippen molar-refractivity contribution < 1.29 is 13.3 Å². The molecule has 0 atom stereocenters. The topological polar surface area (TPSA) is 53.7 Å². The average molecular weight is 460 g/mol. The van der Waals surface area contributed by atoms with Crippen molar-refractivity contribution in [2.45, 2.75) is 135 Å². The first-order valence-corrected chi connectivity index (χ1v) is 15.4. The average Bonchev–Trinajstić information content (AvgIpc) is 2.46. The van der Waals surface area contributed by atoms with Gasteiger partial charge >= 0.3 is 0 Å². The standard InChI is InChI=1S/C22H49NO3Si3/c1-17(2,3)27-25-20(10,11)22(23,16-24-29(14,15)19(7,8)9)21(12,13)26-28-18(4,5)6/h16,23H2,1-15H3. The van der Waals surface area contributed by atoms with Gasteiger partial charge in [-0.3, -0.25) is 0 Å². The van der Waals surface area contributed by atoms with Gasteiger partial charge in [-0.1, -0.05) is 62.3 Å². The lowest BCUT2D eigenvalue weighted by Crippen LogP contribution is -2.74. The van der Waals surface area contributed by atoms with Crippen LogP contribution < -0.4 is 5.73 Å². The van der Waals surface area contributed by atoms with E-state index in [0.717, 1.165) is 0 Å². The van der Waals surface area contributed by atoms with Gasteiger partial charge in [0.15, 0.2) is 8.32 Å². The van der Waals surface area contributed by atoms with Crippen molar-refractivity contribution in [1.82, 2.24) is 0 Å². The van der Waals surface area contributed by atoms with E-state index in [1.54, 1.807) is 0 Å². The normalized spacial score (nSPS) is 15.7. The molecule has 0 unspecified atom stereocenters. The van der Waals surface area contributed by atoms with E-state index < -0.39 is 25.1 Å². The first-order valence-electron chi connectivity index (χ1n) is 10.7. The van der Waals surface area contributed by atoms with Crippen molar-refractivity contribution in [3.8, 4) is 0 Å². The van der Waals surface area contributed by atoms with Crippen LogP contribution in [0.5, 0.6) is 0 Å². The maximum Gasteiger partial charge on any atom is 0.236 e. The zero-order valence-electron chi connectivity index (χ0n) is 22.0. The molecule has 4 radical (unpaired) electrons. The van der Waals surface area contributed by atoms with Crippen molar-refractivity contribution in [2.75, 3.05) is 6.61 Å². The summed E-state index contributed by atoms with van der Waals surface area (Å²) in [4.78, 5) is 0. The third kappa shape index (κ3) is 8.50. The molecule has 7 heteroatoms. The van der Waals surface area contributed by atoms with Gasteiger partial charge in [0.2, 0.25) is 19.5 Å². The van der Waals surface area contributed by atoms with Crippen LogP contribution in [-0.2, 0) is 13.3 Å². The van der Waals surface area contributed by atoms with Crippen LogP contribution in [0.2, 0.25) is 28.2 Å². The van der Waals surface area contributed by atoms with Crippen molar-refractivity contribution in [1.29, 1.82) is 0 Å². The zero-order valence-corrected chi connectivity index (χ0v) is 25.0. The summed E-state index contributed by atoms with van der Waals surface area (Å²) in [6.45, 7) is 33.2. The second kappa shape index (κ2) is 9.16. The Balaban J connectivity index is 5.96. The zero-order chi connectivity index (χ0) is 23.7. The molecule has 0 spiro atoms. The summed E-state index contributed by atoms with van der Waals surface area (Å²) in [6.07, 6.45) is 0. The summed E-state index contributed by atoms with van der Waals surface area (Å²) in [5.41, 5.74) is 5.17. The molecule has 0 aromatic rings. The van der Waals surface area contributed by atoms with Crippen LogP contribution in [0.1, 0.15) is 90.0 Å². The van der Waals surface area contributed by atoms with Gasteiger partial charge in [0.05, 0.1) is 23.3 Å². The first kappa shape index (κ1) is 29.5. The Kier molecular flexibility index (Phi) is 9.31. The molecule has 0 saturated carbocycles. The molecule has 0 fully saturated rings. The molecule has 0 bridgehead atoms. The highest BCUT2D eigenvalue weighted by molar-refractivity contribution is 6.74. The lowest BCUT2D eigenvalue weighted by molar-refractivity contribution is -0.104. The Labute approximate surface area is 188 Å². The SMILES string of the molecule is CC(C)(C)[Si]OC(C)(C)C(N)(CO[Si](C)(C)C(C)(C)C)C(C)(C)O[Si]C(C)(C)C. The quantitative estimate of drug-likeness (QED) is 0.431. The maximum atomic E-state index is 7.22. The fourth-order valence-corrected chi connectivity index (χ4v) is 4.84. The van der Waals surface area contributed by atoms with Gasteiger partial charge in [-0.2, -0.15) is 0 Å². The summed E-state index contributed by atoms with van der Waals surface area (Å²) in [5, 5.41) is 0.275. The highest BCUT2D eigenvalue weighted by atomic mass is 28.4. The Morgan fingerprint density at radius 1 is 0.655 bits per heavy atom. The summed E-state index contributed by atoms with van der Waals surface area (Å²) in [7, 11) is -1.30. The molecule has 2 N–H and O–H groups in total. The predicted molar refractivity (Wildman–Crippen MR) is 131 cm³/mol. The maximum absolute atomic E-state index is 7.22. The van der Waals surface area contributed by atoms with E-state index in [0.29, 0.717) is 26.1 Å². The summed E-state index contributed by atoms with van der Waals surface area (Å²) < 4.78 is 19.6. The first-order chi connectivity index (χ1) is 12.4. The minimum Gasteiger partial charge on any atom is -0.415 e. The largest absolute Gasteiger partial charge is 0.415 e. The molecule has 172 valence electrons. The highest BCUT2D eigenvalue weighted by Gasteiger charge is 2.56. The van der Waals surface area contributed by atoms with E-state index in [4.69, 9.17) is 19.0 Å². The summed E-state index contributed by atoms with van der Waals surface area (Å²) in [5.74, 6) is 0. The molecule has 0 aliphatic carbocycles.